The van der Waals surface area contributed by atoms with E-state index in [0.717, 1.165) is 0 Å². The zero-order valence-corrected chi connectivity index (χ0v) is 13.3. The zero-order chi connectivity index (χ0) is 17.8. The fourth-order valence-electron chi connectivity index (χ4n) is 2.54. The van der Waals surface area contributed by atoms with Crippen LogP contribution in [-0.2, 0) is 20.9 Å². The second-order valence-corrected chi connectivity index (χ2v) is 5.42. The monoisotopic (exact) mass is 340 g/mol. The molecule has 0 fully saturated rings. The molecular formula is C18H16N2O5. The molecule has 7 nitrogen and oxygen atoms in total. The van der Waals surface area contributed by atoms with Gasteiger partial charge in [0, 0.05) is 12.1 Å². The maximum Gasteiger partial charge on any atom is 0.419 e. The molecular weight excluding hydrogens is 324 g/mol. The molecule has 0 radical (unpaired) electrons. The molecule has 7 heteroatoms. The predicted octanol–water partition coefficient (Wildman–Crippen LogP) is 1.75. The number of esters is 1. The normalized spacial score (nSPS) is 12.0. The molecule has 0 aliphatic rings. The van der Waals surface area contributed by atoms with E-state index in [9.17, 15) is 14.4 Å². The van der Waals surface area contributed by atoms with Crippen LogP contribution in [0.5, 0.6) is 0 Å². The SMILES string of the molecule is NC(=O)[C@H](OC(=O)CCn1c(=O)oc2ccccc21)c1ccccc1. The van der Waals surface area contributed by atoms with E-state index in [1.54, 1.807) is 54.6 Å². The minimum atomic E-state index is -1.16. The van der Waals surface area contributed by atoms with Crippen LogP contribution >= 0.6 is 0 Å². The highest BCUT2D eigenvalue weighted by Gasteiger charge is 2.22. The summed E-state index contributed by atoms with van der Waals surface area (Å²) in [5.41, 5.74) is 6.85. The van der Waals surface area contributed by atoms with Crippen molar-refractivity contribution in [1.29, 1.82) is 0 Å². The van der Waals surface area contributed by atoms with E-state index in [0.29, 0.717) is 16.7 Å². The number of carbonyl (C=O) groups excluding carboxylic acids is 2. The van der Waals surface area contributed by atoms with Crippen molar-refractivity contribution >= 4 is 23.0 Å². The third-order valence-corrected chi connectivity index (χ3v) is 3.72. The number of fused-ring (bicyclic) bond motifs is 1. The first-order chi connectivity index (χ1) is 12.1. The lowest BCUT2D eigenvalue weighted by molar-refractivity contribution is -0.155. The second kappa shape index (κ2) is 7.04. The molecule has 0 spiro atoms. The van der Waals surface area contributed by atoms with Crippen LogP contribution in [0.4, 0.5) is 0 Å². The Labute approximate surface area is 142 Å². The van der Waals surface area contributed by atoms with Gasteiger partial charge in [0.1, 0.15) is 0 Å². The highest BCUT2D eigenvalue weighted by atomic mass is 16.5. The van der Waals surface area contributed by atoms with Crippen LogP contribution in [0, 0.1) is 0 Å². The number of aryl methyl sites for hydroxylation is 1. The molecule has 3 aromatic rings. The van der Waals surface area contributed by atoms with Crippen molar-refractivity contribution in [2.75, 3.05) is 0 Å². The standard InChI is InChI=1S/C18H16N2O5/c19-17(22)16(12-6-2-1-3-7-12)25-15(21)10-11-20-13-8-4-5-9-14(13)24-18(20)23/h1-9,16H,10-11H2,(H2,19,22)/t16-/m1/s1. The second-order valence-electron chi connectivity index (χ2n) is 5.42. The molecule has 25 heavy (non-hydrogen) atoms. The van der Waals surface area contributed by atoms with Gasteiger partial charge < -0.3 is 14.9 Å². The molecule has 2 aromatic carbocycles. The molecule has 1 atom stereocenters. The lowest BCUT2D eigenvalue weighted by atomic mass is 10.1. The lowest BCUT2D eigenvalue weighted by Gasteiger charge is -2.15. The maximum atomic E-state index is 12.1. The number of oxazole rings is 1. The average molecular weight is 340 g/mol. The van der Waals surface area contributed by atoms with Crippen molar-refractivity contribution in [3.8, 4) is 0 Å². The first-order valence-electron chi connectivity index (χ1n) is 7.68. The summed E-state index contributed by atoms with van der Waals surface area (Å²) in [4.78, 5) is 35.5. The van der Waals surface area contributed by atoms with Crippen molar-refractivity contribution in [1.82, 2.24) is 4.57 Å². The fraction of sp³-hybridized carbons (Fsp3) is 0.167. The van der Waals surface area contributed by atoms with E-state index in [1.807, 2.05) is 0 Å². The smallest absolute Gasteiger partial charge is 0.419 e. The fourth-order valence-corrected chi connectivity index (χ4v) is 2.54. The minimum absolute atomic E-state index is 0.0783. The summed E-state index contributed by atoms with van der Waals surface area (Å²) in [6.45, 7) is 0.0783. The van der Waals surface area contributed by atoms with Crippen LogP contribution in [0.1, 0.15) is 18.1 Å². The first kappa shape index (κ1) is 16.5. The van der Waals surface area contributed by atoms with E-state index in [1.165, 1.54) is 4.57 Å². The Morgan fingerprint density at radius 3 is 2.48 bits per heavy atom. The number of rotatable bonds is 6. The van der Waals surface area contributed by atoms with E-state index >= 15 is 0 Å². The zero-order valence-electron chi connectivity index (χ0n) is 13.3. The summed E-state index contributed by atoms with van der Waals surface area (Å²) >= 11 is 0. The number of hydrogen-bond donors (Lipinski definition) is 1. The number of ether oxygens (including phenoxy) is 1. The van der Waals surface area contributed by atoms with Crippen molar-refractivity contribution in [2.45, 2.75) is 19.1 Å². The number of para-hydroxylation sites is 2. The molecule has 0 saturated carbocycles. The molecule has 1 heterocycles. The number of nitrogens with zero attached hydrogens (tertiary/aromatic N) is 1. The van der Waals surface area contributed by atoms with E-state index in [4.69, 9.17) is 14.9 Å². The van der Waals surface area contributed by atoms with Gasteiger partial charge in [0.2, 0.25) is 6.10 Å². The Morgan fingerprint density at radius 2 is 1.76 bits per heavy atom. The third kappa shape index (κ3) is 3.60. The first-order valence-corrected chi connectivity index (χ1v) is 7.68. The Morgan fingerprint density at radius 1 is 1.08 bits per heavy atom. The van der Waals surface area contributed by atoms with Crippen molar-refractivity contribution in [2.24, 2.45) is 5.73 Å². The Kier molecular flexibility index (Phi) is 4.65. The number of aromatic nitrogens is 1. The van der Waals surface area contributed by atoms with Crippen LogP contribution in [-0.4, -0.2) is 16.4 Å². The Balaban J connectivity index is 1.70. The quantitative estimate of drug-likeness (QED) is 0.688. The molecule has 2 N–H and O–H groups in total. The Hall–Kier alpha value is -3.35. The van der Waals surface area contributed by atoms with Gasteiger partial charge in [0.25, 0.3) is 5.91 Å². The summed E-state index contributed by atoms with van der Waals surface area (Å²) in [5, 5.41) is 0. The number of nitrogens with two attached hydrogens (primary N) is 1. The van der Waals surface area contributed by atoms with Crippen LogP contribution in [0.2, 0.25) is 0 Å². The molecule has 0 aliphatic carbocycles. The minimum Gasteiger partial charge on any atom is -0.447 e. The van der Waals surface area contributed by atoms with Crippen molar-refractivity contribution < 1.29 is 18.7 Å². The number of carbonyl (C=O) groups is 2. The Bertz CT molecular complexity index is 958. The summed E-state index contributed by atoms with van der Waals surface area (Å²) in [6, 6.07) is 15.4. The molecule has 0 aliphatic heterocycles. The van der Waals surface area contributed by atoms with Gasteiger partial charge in [-0.15, -0.1) is 0 Å². The lowest BCUT2D eigenvalue weighted by Crippen LogP contribution is -2.27. The summed E-state index contributed by atoms with van der Waals surface area (Å²) in [6.07, 6.45) is -1.26. The van der Waals surface area contributed by atoms with Gasteiger partial charge in [0.15, 0.2) is 5.58 Å². The topological polar surface area (TPSA) is 105 Å². The molecule has 3 rings (SSSR count). The molecule has 1 aromatic heterocycles. The third-order valence-electron chi connectivity index (χ3n) is 3.72. The van der Waals surface area contributed by atoms with Gasteiger partial charge in [-0.05, 0) is 12.1 Å². The van der Waals surface area contributed by atoms with Gasteiger partial charge in [0.05, 0.1) is 11.9 Å². The summed E-state index contributed by atoms with van der Waals surface area (Å²) in [7, 11) is 0. The number of benzene rings is 2. The van der Waals surface area contributed by atoms with Gasteiger partial charge in [-0.3, -0.25) is 14.2 Å². The molecule has 128 valence electrons. The van der Waals surface area contributed by atoms with E-state index in [-0.39, 0.29) is 13.0 Å². The van der Waals surface area contributed by atoms with Crippen LogP contribution in [0.3, 0.4) is 0 Å². The summed E-state index contributed by atoms with van der Waals surface area (Å²) in [5.74, 6) is -1.95. The molecule has 0 bridgehead atoms. The van der Waals surface area contributed by atoms with Crippen molar-refractivity contribution in [3.63, 3.8) is 0 Å². The van der Waals surface area contributed by atoms with Crippen LogP contribution < -0.4 is 11.5 Å². The van der Waals surface area contributed by atoms with E-state index < -0.39 is 23.7 Å². The maximum absolute atomic E-state index is 12.1. The van der Waals surface area contributed by atoms with Gasteiger partial charge >= 0.3 is 11.7 Å². The predicted molar refractivity (Wildman–Crippen MR) is 89.6 cm³/mol. The molecule has 0 saturated heterocycles. The number of hydrogen-bond acceptors (Lipinski definition) is 5. The van der Waals surface area contributed by atoms with Gasteiger partial charge in [-0.25, -0.2) is 4.79 Å². The summed E-state index contributed by atoms with van der Waals surface area (Å²) < 4.78 is 11.6. The highest BCUT2D eigenvalue weighted by Crippen LogP contribution is 2.18. The van der Waals surface area contributed by atoms with Gasteiger partial charge in [-0.2, -0.15) is 0 Å². The molecule has 1 amide bonds. The number of primary amides is 1. The van der Waals surface area contributed by atoms with Crippen LogP contribution in [0.25, 0.3) is 11.1 Å². The number of amides is 1. The van der Waals surface area contributed by atoms with Gasteiger partial charge in [-0.1, -0.05) is 42.5 Å². The highest BCUT2D eigenvalue weighted by molar-refractivity contribution is 5.83. The molecule has 0 unspecified atom stereocenters. The van der Waals surface area contributed by atoms with E-state index in [2.05, 4.69) is 0 Å². The van der Waals surface area contributed by atoms with Crippen molar-refractivity contribution in [3.05, 3.63) is 70.7 Å². The van der Waals surface area contributed by atoms with Crippen LogP contribution in [0.15, 0.2) is 63.8 Å². The largest absolute Gasteiger partial charge is 0.447 e. The average Bonchev–Trinajstić information content (AvgIpc) is 2.93.